The zero-order valence-electron chi connectivity index (χ0n) is 9.39. The molecule has 0 radical (unpaired) electrons. The number of benzene rings is 1. The molecular weight excluding hydrogens is 242 g/mol. The third-order valence-electron chi connectivity index (χ3n) is 3.15. The van der Waals surface area contributed by atoms with E-state index in [0.717, 1.165) is 5.56 Å². The maximum absolute atomic E-state index is 11.9. The van der Waals surface area contributed by atoms with E-state index in [0.29, 0.717) is 18.8 Å². The smallest absolute Gasteiger partial charge is 0.241 e. The molecule has 0 aromatic heterocycles. The molecule has 1 aromatic rings. The molecule has 1 aromatic carbocycles. The summed E-state index contributed by atoms with van der Waals surface area (Å²) in [4.78, 5) is 0.255. The Morgan fingerprint density at radius 2 is 2.00 bits per heavy atom. The first kappa shape index (κ1) is 11.2. The first-order valence-corrected chi connectivity index (χ1v) is 6.91. The average molecular weight is 255 g/mol. The second-order valence-electron chi connectivity index (χ2n) is 4.22. The number of rotatable bonds is 0. The van der Waals surface area contributed by atoms with Gasteiger partial charge in [0.25, 0.3) is 0 Å². The van der Waals surface area contributed by atoms with Gasteiger partial charge in [0.05, 0.1) is 24.7 Å². The summed E-state index contributed by atoms with van der Waals surface area (Å²) in [5.41, 5.74) is 1.51. The SMILES string of the molecule is Cc1cccc2c1C1(CNS2(=O)=O)OCCO1. The van der Waals surface area contributed by atoms with Crippen molar-refractivity contribution in [2.24, 2.45) is 0 Å². The number of fused-ring (bicyclic) bond motifs is 2. The van der Waals surface area contributed by atoms with E-state index >= 15 is 0 Å². The van der Waals surface area contributed by atoms with Crippen LogP contribution in [0.1, 0.15) is 11.1 Å². The van der Waals surface area contributed by atoms with Crippen LogP contribution in [0.5, 0.6) is 0 Å². The summed E-state index contributed by atoms with van der Waals surface area (Å²) < 4.78 is 37.6. The summed E-state index contributed by atoms with van der Waals surface area (Å²) >= 11 is 0. The van der Waals surface area contributed by atoms with Gasteiger partial charge in [-0.15, -0.1) is 0 Å². The van der Waals surface area contributed by atoms with E-state index in [1.807, 2.05) is 13.0 Å². The fourth-order valence-electron chi connectivity index (χ4n) is 2.41. The van der Waals surface area contributed by atoms with Crippen molar-refractivity contribution < 1.29 is 17.9 Å². The van der Waals surface area contributed by atoms with E-state index < -0.39 is 15.8 Å². The van der Waals surface area contributed by atoms with Gasteiger partial charge in [-0.1, -0.05) is 12.1 Å². The lowest BCUT2D eigenvalue weighted by Gasteiger charge is -2.34. The molecule has 0 aliphatic carbocycles. The molecule has 2 aliphatic rings. The molecule has 0 atom stereocenters. The average Bonchev–Trinajstić information content (AvgIpc) is 2.74. The van der Waals surface area contributed by atoms with E-state index in [-0.39, 0.29) is 11.4 Å². The van der Waals surface area contributed by atoms with Gasteiger partial charge in [0.15, 0.2) is 0 Å². The normalized spacial score (nSPS) is 24.8. The molecule has 1 spiro atoms. The highest BCUT2D eigenvalue weighted by molar-refractivity contribution is 7.89. The zero-order valence-corrected chi connectivity index (χ0v) is 10.2. The first-order valence-electron chi connectivity index (χ1n) is 5.43. The van der Waals surface area contributed by atoms with E-state index in [1.165, 1.54) is 0 Å². The van der Waals surface area contributed by atoms with Gasteiger partial charge >= 0.3 is 0 Å². The molecule has 2 aliphatic heterocycles. The van der Waals surface area contributed by atoms with Gasteiger partial charge in [-0.3, -0.25) is 0 Å². The number of nitrogens with one attached hydrogen (secondary N) is 1. The maximum Gasteiger partial charge on any atom is 0.241 e. The third-order valence-corrected chi connectivity index (χ3v) is 4.60. The molecule has 0 bridgehead atoms. The largest absolute Gasteiger partial charge is 0.342 e. The lowest BCUT2D eigenvalue weighted by atomic mass is 10.00. The Hall–Kier alpha value is -0.950. The third kappa shape index (κ3) is 1.52. The van der Waals surface area contributed by atoms with E-state index in [4.69, 9.17) is 9.47 Å². The van der Waals surface area contributed by atoms with Crippen LogP contribution in [0.25, 0.3) is 0 Å². The number of hydrogen-bond acceptors (Lipinski definition) is 4. The number of sulfonamides is 1. The fraction of sp³-hybridized carbons (Fsp3) is 0.455. The molecule has 1 saturated heterocycles. The lowest BCUT2D eigenvalue weighted by Crippen LogP contribution is -2.47. The van der Waals surface area contributed by atoms with Gasteiger partial charge in [-0.05, 0) is 18.6 Å². The van der Waals surface area contributed by atoms with Crippen LogP contribution in [-0.2, 0) is 25.3 Å². The van der Waals surface area contributed by atoms with Crippen molar-refractivity contribution in [1.29, 1.82) is 0 Å². The number of hydrogen-bond donors (Lipinski definition) is 1. The highest BCUT2D eigenvalue weighted by atomic mass is 32.2. The minimum absolute atomic E-state index is 0.132. The highest BCUT2D eigenvalue weighted by Crippen LogP contribution is 2.40. The Labute approximate surface area is 99.8 Å². The van der Waals surface area contributed by atoms with Gasteiger partial charge < -0.3 is 9.47 Å². The van der Waals surface area contributed by atoms with Crippen LogP contribution < -0.4 is 4.72 Å². The molecule has 6 heteroatoms. The molecule has 0 unspecified atom stereocenters. The van der Waals surface area contributed by atoms with Crippen LogP contribution in [0.4, 0.5) is 0 Å². The second kappa shape index (κ2) is 3.52. The summed E-state index contributed by atoms with van der Waals surface area (Å²) in [6.45, 7) is 2.96. The Morgan fingerprint density at radius 3 is 2.71 bits per heavy atom. The van der Waals surface area contributed by atoms with Crippen LogP contribution >= 0.6 is 0 Å². The van der Waals surface area contributed by atoms with Gasteiger partial charge in [-0.2, -0.15) is 0 Å². The Morgan fingerprint density at radius 1 is 1.29 bits per heavy atom. The Balaban J connectivity index is 2.29. The standard InChI is InChI=1S/C11H13NO4S/c1-8-3-2-4-9-10(8)11(15-5-6-16-11)7-12-17(9,13)14/h2-4,12H,5-7H2,1H3. The summed E-state index contributed by atoms with van der Waals surface area (Å²) in [7, 11) is -3.44. The van der Waals surface area contributed by atoms with Crippen molar-refractivity contribution in [3.63, 3.8) is 0 Å². The van der Waals surface area contributed by atoms with Crippen LogP contribution in [0.15, 0.2) is 23.1 Å². The molecule has 2 heterocycles. The molecule has 3 rings (SSSR count). The first-order chi connectivity index (χ1) is 8.05. The molecular formula is C11H13NO4S. The summed E-state index contributed by atoms with van der Waals surface area (Å²) in [5.74, 6) is -0.938. The maximum atomic E-state index is 11.9. The van der Waals surface area contributed by atoms with Crippen molar-refractivity contribution in [2.45, 2.75) is 17.6 Å². The summed E-state index contributed by atoms with van der Waals surface area (Å²) in [6, 6.07) is 5.17. The summed E-state index contributed by atoms with van der Waals surface area (Å²) in [6.07, 6.45) is 0. The molecule has 17 heavy (non-hydrogen) atoms. The van der Waals surface area contributed by atoms with E-state index in [1.54, 1.807) is 12.1 Å². The molecule has 1 N–H and O–H groups in total. The molecule has 1 fully saturated rings. The predicted octanol–water partition coefficient (Wildman–Crippen LogP) is 0.487. The van der Waals surface area contributed by atoms with Crippen LogP contribution in [0.3, 0.4) is 0 Å². The lowest BCUT2D eigenvalue weighted by molar-refractivity contribution is -0.163. The van der Waals surface area contributed by atoms with Gasteiger partial charge in [0.1, 0.15) is 0 Å². The predicted molar refractivity (Wildman–Crippen MR) is 59.9 cm³/mol. The Bertz CT molecular complexity index is 561. The van der Waals surface area contributed by atoms with Gasteiger partial charge in [-0.25, -0.2) is 13.1 Å². The van der Waals surface area contributed by atoms with Crippen molar-refractivity contribution in [2.75, 3.05) is 19.8 Å². The second-order valence-corrected chi connectivity index (χ2v) is 5.96. The minimum Gasteiger partial charge on any atom is -0.342 e. The summed E-state index contributed by atoms with van der Waals surface area (Å²) in [5, 5.41) is 0. The monoisotopic (exact) mass is 255 g/mol. The topological polar surface area (TPSA) is 64.6 Å². The molecule has 92 valence electrons. The molecule has 5 nitrogen and oxygen atoms in total. The quantitative estimate of drug-likeness (QED) is 0.732. The van der Waals surface area contributed by atoms with Crippen molar-refractivity contribution in [1.82, 2.24) is 4.72 Å². The van der Waals surface area contributed by atoms with E-state index in [9.17, 15) is 8.42 Å². The Kier molecular flexibility index (Phi) is 2.31. The van der Waals surface area contributed by atoms with Crippen LogP contribution in [-0.4, -0.2) is 28.2 Å². The number of aryl methyl sites for hydroxylation is 1. The van der Waals surface area contributed by atoms with E-state index in [2.05, 4.69) is 4.72 Å². The molecule has 0 amide bonds. The van der Waals surface area contributed by atoms with Crippen LogP contribution in [0.2, 0.25) is 0 Å². The molecule has 0 saturated carbocycles. The highest BCUT2D eigenvalue weighted by Gasteiger charge is 2.47. The fourth-order valence-corrected chi connectivity index (χ4v) is 3.79. The van der Waals surface area contributed by atoms with Crippen molar-refractivity contribution in [3.8, 4) is 0 Å². The van der Waals surface area contributed by atoms with Crippen molar-refractivity contribution >= 4 is 10.0 Å². The van der Waals surface area contributed by atoms with Gasteiger partial charge in [0, 0.05) is 5.56 Å². The van der Waals surface area contributed by atoms with Gasteiger partial charge in [0.2, 0.25) is 15.8 Å². The zero-order chi connectivity index (χ0) is 12.1. The number of ether oxygens (including phenoxy) is 2. The van der Waals surface area contributed by atoms with Crippen LogP contribution in [0, 0.1) is 6.92 Å². The minimum atomic E-state index is -3.44. The van der Waals surface area contributed by atoms with Crippen molar-refractivity contribution in [3.05, 3.63) is 29.3 Å².